The minimum absolute atomic E-state index is 0.498. The molecular weight excluding hydrogens is 212 g/mol. The minimum atomic E-state index is -0.547. The van der Waals surface area contributed by atoms with E-state index < -0.39 is 11.7 Å². The van der Waals surface area contributed by atoms with Crippen molar-refractivity contribution in [2.24, 2.45) is 5.10 Å². The van der Waals surface area contributed by atoms with Crippen LogP contribution in [0.5, 0.6) is 0 Å². The van der Waals surface area contributed by atoms with Gasteiger partial charge in [0.25, 0.3) is 0 Å². The van der Waals surface area contributed by atoms with Gasteiger partial charge >= 0.3 is 6.09 Å². The normalized spacial score (nSPS) is 11.7. The van der Waals surface area contributed by atoms with Gasteiger partial charge in [-0.1, -0.05) is 0 Å². The number of nitrogens with zero attached hydrogens (tertiary/aromatic N) is 1. The molecule has 0 spiro atoms. The summed E-state index contributed by atoms with van der Waals surface area (Å²) >= 11 is 1.57. The summed E-state index contributed by atoms with van der Waals surface area (Å²) in [4.78, 5) is 11.1. The molecule has 0 atom stereocenters. The summed E-state index contributed by atoms with van der Waals surface area (Å²) in [6.45, 7) is 5.40. The largest absolute Gasteiger partial charge is 0.443 e. The van der Waals surface area contributed by atoms with Crippen LogP contribution in [0.15, 0.2) is 21.9 Å². The third kappa shape index (κ3) is 5.17. The fraction of sp³-hybridized carbons (Fsp3) is 0.400. The molecule has 1 rings (SSSR count). The van der Waals surface area contributed by atoms with Gasteiger partial charge in [-0.05, 0) is 37.6 Å². The molecule has 0 aliphatic heterocycles. The molecule has 0 fully saturated rings. The van der Waals surface area contributed by atoms with E-state index >= 15 is 0 Å². The lowest BCUT2D eigenvalue weighted by atomic mass is 10.2. The van der Waals surface area contributed by atoms with Gasteiger partial charge in [-0.15, -0.1) is 0 Å². The molecule has 0 aliphatic rings. The molecule has 0 unspecified atom stereocenters. The number of hydrogen-bond acceptors (Lipinski definition) is 4. The van der Waals surface area contributed by atoms with Crippen molar-refractivity contribution in [2.45, 2.75) is 26.4 Å². The molecule has 15 heavy (non-hydrogen) atoms. The van der Waals surface area contributed by atoms with Gasteiger partial charge < -0.3 is 4.74 Å². The van der Waals surface area contributed by atoms with Gasteiger partial charge in [0.2, 0.25) is 0 Å². The number of carbonyl (C=O) groups is 1. The lowest BCUT2D eigenvalue weighted by Crippen LogP contribution is -2.29. The van der Waals surface area contributed by atoms with Crippen molar-refractivity contribution in [3.05, 3.63) is 22.4 Å². The number of amides is 1. The fourth-order valence-electron chi connectivity index (χ4n) is 0.809. The Morgan fingerprint density at radius 2 is 2.33 bits per heavy atom. The zero-order valence-corrected chi connectivity index (χ0v) is 9.80. The van der Waals surface area contributed by atoms with E-state index in [1.807, 2.05) is 16.8 Å². The van der Waals surface area contributed by atoms with Crippen molar-refractivity contribution >= 4 is 23.6 Å². The molecule has 4 nitrogen and oxygen atoms in total. The van der Waals surface area contributed by atoms with Gasteiger partial charge in [0.1, 0.15) is 5.60 Å². The first-order chi connectivity index (χ1) is 6.97. The number of hydrogen-bond donors (Lipinski definition) is 1. The first-order valence-corrected chi connectivity index (χ1v) is 5.46. The number of ether oxygens (including phenoxy) is 1. The van der Waals surface area contributed by atoms with Crippen molar-refractivity contribution in [1.29, 1.82) is 0 Å². The van der Waals surface area contributed by atoms with E-state index in [0.717, 1.165) is 5.56 Å². The molecule has 1 N–H and O–H groups in total. The van der Waals surface area contributed by atoms with Crippen molar-refractivity contribution in [3.63, 3.8) is 0 Å². The fourth-order valence-corrected chi connectivity index (χ4v) is 1.42. The molecule has 1 aromatic rings. The maximum Gasteiger partial charge on any atom is 0.428 e. The van der Waals surface area contributed by atoms with E-state index in [1.54, 1.807) is 38.3 Å². The van der Waals surface area contributed by atoms with Gasteiger partial charge in [-0.2, -0.15) is 16.4 Å². The zero-order chi connectivity index (χ0) is 11.3. The summed E-state index contributed by atoms with van der Waals surface area (Å²) in [5.74, 6) is 0. The first kappa shape index (κ1) is 11.7. The van der Waals surface area contributed by atoms with Gasteiger partial charge in [0.05, 0.1) is 6.21 Å². The van der Waals surface area contributed by atoms with Gasteiger partial charge in [0, 0.05) is 5.56 Å². The Kier molecular flexibility index (Phi) is 3.85. The second kappa shape index (κ2) is 4.93. The van der Waals surface area contributed by atoms with E-state index in [0.29, 0.717) is 0 Å². The van der Waals surface area contributed by atoms with E-state index in [4.69, 9.17) is 4.74 Å². The van der Waals surface area contributed by atoms with Crippen LogP contribution in [0.1, 0.15) is 26.3 Å². The first-order valence-electron chi connectivity index (χ1n) is 4.51. The Balaban J connectivity index is 2.35. The van der Waals surface area contributed by atoms with Crippen molar-refractivity contribution < 1.29 is 9.53 Å². The number of hydrazone groups is 1. The molecule has 0 saturated heterocycles. The summed E-state index contributed by atoms with van der Waals surface area (Å²) in [7, 11) is 0. The molecular formula is C10H14N2O2S. The molecule has 1 heterocycles. The average Bonchev–Trinajstić information content (AvgIpc) is 2.53. The van der Waals surface area contributed by atoms with Crippen molar-refractivity contribution in [2.75, 3.05) is 0 Å². The zero-order valence-electron chi connectivity index (χ0n) is 8.98. The second-order valence-corrected chi connectivity index (χ2v) is 4.71. The maximum atomic E-state index is 11.1. The van der Waals surface area contributed by atoms with Crippen LogP contribution in [0, 0.1) is 0 Å². The molecule has 0 radical (unpaired) electrons. The summed E-state index contributed by atoms with van der Waals surface area (Å²) in [6.07, 6.45) is 1.02. The van der Waals surface area contributed by atoms with E-state index in [9.17, 15) is 4.79 Å². The average molecular weight is 226 g/mol. The summed E-state index contributed by atoms with van der Waals surface area (Å²) < 4.78 is 5.00. The van der Waals surface area contributed by atoms with Crippen LogP contribution in [0.2, 0.25) is 0 Å². The number of carbonyl (C=O) groups excluding carboxylic acids is 1. The standard InChI is InChI=1S/C10H14N2O2S/c1-10(2,3)14-9(13)12-11-6-8-4-5-15-7-8/h4-7H,1-3H3,(H,12,13)/b11-6+. The summed E-state index contributed by atoms with van der Waals surface area (Å²) in [5.41, 5.74) is 2.75. The third-order valence-corrected chi connectivity index (χ3v) is 2.01. The molecule has 0 aromatic carbocycles. The van der Waals surface area contributed by atoms with Crippen molar-refractivity contribution in [1.82, 2.24) is 5.43 Å². The van der Waals surface area contributed by atoms with Crippen LogP contribution >= 0.6 is 11.3 Å². The Labute approximate surface area is 93.0 Å². The molecule has 1 amide bonds. The second-order valence-electron chi connectivity index (χ2n) is 3.93. The lowest BCUT2D eigenvalue weighted by Gasteiger charge is -2.18. The highest BCUT2D eigenvalue weighted by atomic mass is 32.1. The quantitative estimate of drug-likeness (QED) is 0.622. The van der Waals surface area contributed by atoms with Gasteiger partial charge in [0.15, 0.2) is 0 Å². The molecule has 1 aromatic heterocycles. The topological polar surface area (TPSA) is 50.7 Å². The van der Waals surface area contributed by atoms with Crippen LogP contribution in [0.4, 0.5) is 4.79 Å². The molecule has 0 bridgehead atoms. The minimum Gasteiger partial charge on any atom is -0.443 e. The van der Waals surface area contributed by atoms with Crippen LogP contribution in [0.25, 0.3) is 0 Å². The third-order valence-electron chi connectivity index (χ3n) is 1.31. The summed E-state index contributed by atoms with van der Waals surface area (Å²) in [5, 5.41) is 7.63. The Morgan fingerprint density at radius 3 is 2.87 bits per heavy atom. The number of rotatable bonds is 2. The highest BCUT2D eigenvalue weighted by Crippen LogP contribution is 2.06. The predicted molar refractivity (Wildman–Crippen MR) is 61.3 cm³/mol. The van der Waals surface area contributed by atoms with Crippen LogP contribution in [-0.2, 0) is 4.74 Å². The lowest BCUT2D eigenvalue weighted by molar-refractivity contribution is 0.0529. The van der Waals surface area contributed by atoms with E-state index in [2.05, 4.69) is 10.5 Å². The van der Waals surface area contributed by atoms with Gasteiger partial charge in [-0.25, -0.2) is 10.2 Å². The van der Waals surface area contributed by atoms with E-state index in [-0.39, 0.29) is 0 Å². The van der Waals surface area contributed by atoms with Crippen LogP contribution in [0.3, 0.4) is 0 Å². The molecule has 0 saturated carbocycles. The Morgan fingerprint density at radius 1 is 1.60 bits per heavy atom. The smallest absolute Gasteiger partial charge is 0.428 e. The van der Waals surface area contributed by atoms with Crippen molar-refractivity contribution in [3.8, 4) is 0 Å². The van der Waals surface area contributed by atoms with Gasteiger partial charge in [-0.3, -0.25) is 0 Å². The predicted octanol–water partition coefficient (Wildman–Crippen LogP) is 2.61. The Hall–Kier alpha value is -1.36. The molecule has 0 aliphatic carbocycles. The highest BCUT2D eigenvalue weighted by molar-refractivity contribution is 7.08. The Bertz CT molecular complexity index is 339. The maximum absolute atomic E-state index is 11.1. The van der Waals surface area contributed by atoms with Crippen LogP contribution < -0.4 is 5.43 Å². The SMILES string of the molecule is CC(C)(C)OC(=O)N/N=C/c1ccsc1. The molecule has 5 heteroatoms. The molecule has 82 valence electrons. The highest BCUT2D eigenvalue weighted by Gasteiger charge is 2.15. The summed E-state index contributed by atoms with van der Waals surface area (Å²) in [6, 6.07) is 1.91. The number of nitrogens with one attached hydrogen (secondary N) is 1. The van der Waals surface area contributed by atoms with Crippen LogP contribution in [-0.4, -0.2) is 17.9 Å². The monoisotopic (exact) mass is 226 g/mol. The van der Waals surface area contributed by atoms with E-state index in [1.165, 1.54) is 0 Å². The number of thiophene rings is 1.